The second kappa shape index (κ2) is 8.44. The molecule has 0 aliphatic rings. The van der Waals surface area contributed by atoms with Gasteiger partial charge in [0.2, 0.25) is 0 Å². The topological polar surface area (TPSA) is 58.2 Å². The normalized spacial score (nSPS) is 10.3. The first-order valence-corrected chi connectivity index (χ1v) is 9.00. The fraction of sp³-hybridized carbons (Fsp3) is 0. The molecule has 0 spiro atoms. The first kappa shape index (κ1) is 19.2. The van der Waals surface area contributed by atoms with Crippen LogP contribution in [-0.4, -0.2) is 11.8 Å². The number of nitrogens with one attached hydrogen (secondary N) is 2. The van der Waals surface area contributed by atoms with Gasteiger partial charge in [0.15, 0.2) is 0 Å². The fourth-order valence-electron chi connectivity index (χ4n) is 2.39. The van der Waals surface area contributed by atoms with Crippen LogP contribution in [0.1, 0.15) is 20.7 Å². The van der Waals surface area contributed by atoms with Crippen LogP contribution < -0.4 is 10.6 Å². The van der Waals surface area contributed by atoms with Crippen molar-refractivity contribution in [3.8, 4) is 0 Å². The van der Waals surface area contributed by atoms with Gasteiger partial charge >= 0.3 is 0 Å². The van der Waals surface area contributed by atoms with Crippen molar-refractivity contribution < 1.29 is 9.59 Å². The van der Waals surface area contributed by atoms with Crippen LogP contribution in [0.2, 0.25) is 15.1 Å². The van der Waals surface area contributed by atoms with Crippen LogP contribution >= 0.6 is 34.8 Å². The van der Waals surface area contributed by atoms with E-state index in [-0.39, 0.29) is 16.5 Å². The molecule has 3 aromatic rings. The summed E-state index contributed by atoms with van der Waals surface area (Å²) in [6.45, 7) is 0. The van der Waals surface area contributed by atoms with Gasteiger partial charge in [-0.2, -0.15) is 0 Å². The summed E-state index contributed by atoms with van der Waals surface area (Å²) in [6, 6.07) is 18.0. The Balaban J connectivity index is 1.82. The number of halogens is 3. The van der Waals surface area contributed by atoms with E-state index in [0.29, 0.717) is 27.0 Å². The Morgan fingerprint density at radius 2 is 1.30 bits per heavy atom. The molecule has 0 radical (unpaired) electrons. The van der Waals surface area contributed by atoms with Crippen molar-refractivity contribution in [3.05, 3.63) is 92.9 Å². The van der Waals surface area contributed by atoms with E-state index < -0.39 is 5.91 Å². The van der Waals surface area contributed by atoms with E-state index in [2.05, 4.69) is 10.6 Å². The van der Waals surface area contributed by atoms with E-state index in [9.17, 15) is 9.59 Å². The molecule has 0 aromatic heterocycles. The Labute approximate surface area is 171 Å². The van der Waals surface area contributed by atoms with E-state index in [0.717, 1.165) is 0 Å². The number of carbonyl (C=O) groups is 2. The fourth-order valence-corrected chi connectivity index (χ4v) is 3.01. The van der Waals surface area contributed by atoms with Gasteiger partial charge in [0.1, 0.15) is 0 Å². The molecule has 7 heteroatoms. The highest BCUT2D eigenvalue weighted by atomic mass is 35.5. The number of amides is 2. The number of benzene rings is 3. The molecule has 2 amide bonds. The van der Waals surface area contributed by atoms with Crippen molar-refractivity contribution in [2.24, 2.45) is 0 Å². The van der Waals surface area contributed by atoms with Gasteiger partial charge in [-0.1, -0.05) is 46.9 Å². The number of para-hydroxylation sites is 1. The summed E-state index contributed by atoms with van der Waals surface area (Å²) in [5.74, 6) is -0.807. The van der Waals surface area contributed by atoms with Crippen LogP contribution in [0.4, 0.5) is 11.4 Å². The van der Waals surface area contributed by atoms with Crippen LogP contribution in [0.15, 0.2) is 66.7 Å². The Morgan fingerprint density at radius 3 is 2.00 bits per heavy atom. The Kier molecular flexibility index (Phi) is 6.01. The second-order valence-electron chi connectivity index (χ2n) is 5.58. The largest absolute Gasteiger partial charge is 0.322 e. The van der Waals surface area contributed by atoms with Gasteiger partial charge in [-0.25, -0.2) is 0 Å². The highest BCUT2D eigenvalue weighted by Crippen LogP contribution is 2.24. The number of hydrogen-bond donors (Lipinski definition) is 2. The molecule has 3 aromatic carbocycles. The standard InChI is InChI=1S/C20H13Cl3N2O2/c21-12-5-8-14(9-6-12)24-20(27)16-3-1-2-4-18(16)25-19(26)15-10-7-13(22)11-17(15)23/h1-11H,(H,24,27)(H,25,26). The molecule has 27 heavy (non-hydrogen) atoms. The monoisotopic (exact) mass is 418 g/mol. The van der Waals surface area contributed by atoms with Crippen molar-refractivity contribution >= 4 is 58.0 Å². The lowest BCUT2D eigenvalue weighted by atomic mass is 10.1. The van der Waals surface area contributed by atoms with Crippen molar-refractivity contribution in [3.63, 3.8) is 0 Å². The van der Waals surface area contributed by atoms with E-state index >= 15 is 0 Å². The van der Waals surface area contributed by atoms with Crippen molar-refractivity contribution in [2.45, 2.75) is 0 Å². The molecular formula is C20H13Cl3N2O2. The molecule has 0 aliphatic heterocycles. The van der Waals surface area contributed by atoms with E-state index in [4.69, 9.17) is 34.8 Å². The van der Waals surface area contributed by atoms with Gasteiger partial charge in [0.05, 0.1) is 21.8 Å². The summed E-state index contributed by atoms with van der Waals surface area (Å²) in [7, 11) is 0. The minimum Gasteiger partial charge on any atom is -0.322 e. The number of anilines is 2. The molecule has 0 aliphatic carbocycles. The first-order chi connectivity index (χ1) is 12.9. The molecule has 0 atom stereocenters. The van der Waals surface area contributed by atoms with Gasteiger partial charge in [-0.3, -0.25) is 9.59 Å². The minimum absolute atomic E-state index is 0.225. The van der Waals surface area contributed by atoms with Crippen LogP contribution in [0.25, 0.3) is 0 Å². The minimum atomic E-state index is -0.441. The van der Waals surface area contributed by atoms with E-state index in [1.807, 2.05) is 0 Å². The Morgan fingerprint density at radius 1 is 0.667 bits per heavy atom. The van der Waals surface area contributed by atoms with Gasteiger partial charge in [-0.05, 0) is 54.6 Å². The predicted octanol–water partition coefficient (Wildman–Crippen LogP) is 6.15. The smallest absolute Gasteiger partial charge is 0.257 e. The van der Waals surface area contributed by atoms with Crippen molar-refractivity contribution in [1.29, 1.82) is 0 Å². The Hall–Kier alpha value is -2.53. The zero-order valence-electron chi connectivity index (χ0n) is 13.8. The summed E-state index contributed by atoms with van der Waals surface area (Å²) < 4.78 is 0. The molecule has 0 bridgehead atoms. The molecule has 4 nitrogen and oxygen atoms in total. The van der Waals surface area contributed by atoms with Crippen molar-refractivity contribution in [1.82, 2.24) is 0 Å². The molecule has 0 unspecified atom stereocenters. The average molecular weight is 420 g/mol. The third-order valence-electron chi connectivity index (χ3n) is 3.70. The van der Waals surface area contributed by atoms with E-state index in [1.54, 1.807) is 54.6 Å². The summed E-state index contributed by atoms with van der Waals surface area (Å²) in [5.41, 5.74) is 1.52. The molecule has 3 rings (SSSR count). The SMILES string of the molecule is O=C(Nc1ccccc1C(=O)Nc1ccc(Cl)cc1)c1ccc(Cl)cc1Cl. The third kappa shape index (κ3) is 4.80. The highest BCUT2D eigenvalue weighted by molar-refractivity contribution is 6.37. The predicted molar refractivity (Wildman–Crippen MR) is 110 cm³/mol. The molecule has 0 saturated carbocycles. The van der Waals surface area contributed by atoms with Gasteiger partial charge in [0.25, 0.3) is 11.8 Å². The number of rotatable bonds is 4. The zero-order valence-corrected chi connectivity index (χ0v) is 16.1. The van der Waals surface area contributed by atoms with Crippen LogP contribution in [-0.2, 0) is 0 Å². The summed E-state index contributed by atoms with van der Waals surface area (Å²) >= 11 is 17.8. The first-order valence-electron chi connectivity index (χ1n) is 7.86. The third-order valence-corrected chi connectivity index (χ3v) is 4.50. The molecular weight excluding hydrogens is 407 g/mol. The van der Waals surface area contributed by atoms with Crippen molar-refractivity contribution in [2.75, 3.05) is 10.6 Å². The lowest BCUT2D eigenvalue weighted by molar-refractivity contribution is 0.102. The number of carbonyl (C=O) groups excluding carboxylic acids is 2. The van der Waals surface area contributed by atoms with E-state index in [1.165, 1.54) is 12.1 Å². The molecule has 136 valence electrons. The average Bonchev–Trinajstić information content (AvgIpc) is 2.64. The van der Waals surface area contributed by atoms with Gasteiger partial charge < -0.3 is 10.6 Å². The van der Waals surface area contributed by atoms with Gasteiger partial charge in [-0.15, -0.1) is 0 Å². The molecule has 0 saturated heterocycles. The quantitative estimate of drug-likeness (QED) is 0.533. The van der Waals surface area contributed by atoms with Crippen LogP contribution in [0.3, 0.4) is 0 Å². The highest BCUT2D eigenvalue weighted by Gasteiger charge is 2.16. The molecule has 0 heterocycles. The van der Waals surface area contributed by atoms with Crippen LogP contribution in [0, 0.1) is 0 Å². The maximum absolute atomic E-state index is 12.6. The summed E-state index contributed by atoms with van der Waals surface area (Å²) in [6.07, 6.45) is 0. The maximum Gasteiger partial charge on any atom is 0.257 e. The lowest BCUT2D eigenvalue weighted by Gasteiger charge is -2.12. The molecule has 0 fully saturated rings. The van der Waals surface area contributed by atoms with Gasteiger partial charge in [0, 0.05) is 15.7 Å². The summed E-state index contributed by atoms with van der Waals surface area (Å²) in [4.78, 5) is 25.1. The summed E-state index contributed by atoms with van der Waals surface area (Å²) in [5, 5.41) is 6.70. The second-order valence-corrected chi connectivity index (χ2v) is 6.86. The molecule has 2 N–H and O–H groups in total. The van der Waals surface area contributed by atoms with Crippen LogP contribution in [0.5, 0.6) is 0 Å². The zero-order chi connectivity index (χ0) is 19.4. The lowest BCUT2D eigenvalue weighted by Crippen LogP contribution is -2.18. The number of hydrogen-bond acceptors (Lipinski definition) is 2. The Bertz CT molecular complexity index is 1000. The maximum atomic E-state index is 12.6.